The van der Waals surface area contributed by atoms with E-state index < -0.39 is 0 Å². The lowest BCUT2D eigenvalue weighted by Gasteiger charge is -2.16. The lowest BCUT2D eigenvalue weighted by atomic mass is 10.1. The summed E-state index contributed by atoms with van der Waals surface area (Å²) in [6, 6.07) is 10.1. The summed E-state index contributed by atoms with van der Waals surface area (Å²) in [7, 11) is 8.25. The molecule has 0 fully saturated rings. The third kappa shape index (κ3) is 6.86. The van der Waals surface area contributed by atoms with Crippen molar-refractivity contribution in [3.8, 4) is 23.0 Å². The summed E-state index contributed by atoms with van der Waals surface area (Å²) < 4.78 is 21.6. The van der Waals surface area contributed by atoms with Crippen LogP contribution in [0.3, 0.4) is 0 Å². The lowest BCUT2D eigenvalue weighted by Crippen LogP contribution is -2.37. The molecule has 0 aliphatic heterocycles. The van der Waals surface area contributed by atoms with Crippen molar-refractivity contribution in [3.63, 3.8) is 0 Å². The zero-order valence-electron chi connectivity index (χ0n) is 18.5. The number of benzene rings is 2. The maximum atomic E-state index is 5.40. The van der Waals surface area contributed by atoms with Crippen LogP contribution in [-0.4, -0.2) is 48.0 Å². The van der Waals surface area contributed by atoms with Gasteiger partial charge in [-0.25, -0.2) is 0 Å². The van der Waals surface area contributed by atoms with Gasteiger partial charge in [-0.05, 0) is 48.2 Å². The van der Waals surface area contributed by atoms with E-state index in [2.05, 4.69) is 33.8 Å². The molecule has 2 aromatic rings. The molecule has 0 radical (unpaired) electrons. The van der Waals surface area contributed by atoms with Crippen molar-refractivity contribution in [1.29, 1.82) is 0 Å². The summed E-state index contributed by atoms with van der Waals surface area (Å²) in [6.07, 6.45) is 0.863. The Bertz CT molecular complexity index is 818. The first-order valence-electron chi connectivity index (χ1n) is 9.43. The highest BCUT2D eigenvalue weighted by molar-refractivity contribution is 14.0. The molecular weight excluding hydrogens is 497 g/mol. The first-order chi connectivity index (χ1) is 14.1. The van der Waals surface area contributed by atoms with Crippen molar-refractivity contribution in [3.05, 3.63) is 47.0 Å². The molecule has 0 heterocycles. The number of methoxy groups -OCH3 is 4. The molecular formula is C22H32IN3O4. The van der Waals surface area contributed by atoms with Crippen LogP contribution in [0.15, 0.2) is 35.3 Å². The Kier molecular flexibility index (Phi) is 11.2. The largest absolute Gasteiger partial charge is 0.496 e. The highest BCUT2D eigenvalue weighted by atomic mass is 127. The maximum absolute atomic E-state index is 5.40. The zero-order valence-corrected chi connectivity index (χ0v) is 20.8. The predicted molar refractivity (Wildman–Crippen MR) is 131 cm³/mol. The molecule has 166 valence electrons. The smallest absolute Gasteiger partial charge is 0.203 e. The molecule has 7 nitrogen and oxygen atoms in total. The summed E-state index contributed by atoms with van der Waals surface area (Å²) in [5.41, 5.74) is 3.33. The minimum absolute atomic E-state index is 0. The van der Waals surface area contributed by atoms with Crippen LogP contribution < -0.4 is 29.6 Å². The number of nitrogens with zero attached hydrogens (tertiary/aromatic N) is 1. The number of hydrogen-bond acceptors (Lipinski definition) is 5. The van der Waals surface area contributed by atoms with Crippen LogP contribution in [0.25, 0.3) is 0 Å². The Labute approximate surface area is 196 Å². The molecule has 0 amide bonds. The number of aliphatic imine (C=N–C) groups is 1. The number of ether oxygens (including phenoxy) is 4. The van der Waals surface area contributed by atoms with Crippen molar-refractivity contribution in [2.75, 3.05) is 42.0 Å². The number of halogens is 1. The monoisotopic (exact) mass is 529 g/mol. The second-order valence-electron chi connectivity index (χ2n) is 6.44. The van der Waals surface area contributed by atoms with E-state index in [-0.39, 0.29) is 24.0 Å². The van der Waals surface area contributed by atoms with Gasteiger partial charge in [0.1, 0.15) is 5.75 Å². The molecule has 2 N–H and O–H groups in total. The average molecular weight is 529 g/mol. The predicted octanol–water partition coefficient (Wildman–Crippen LogP) is 3.56. The molecule has 8 heteroatoms. The van der Waals surface area contributed by atoms with Crippen LogP contribution in [0.1, 0.15) is 16.7 Å². The molecule has 0 atom stereocenters. The van der Waals surface area contributed by atoms with Gasteiger partial charge in [-0.1, -0.05) is 12.1 Å². The number of nitrogens with one attached hydrogen (secondary N) is 2. The molecule has 30 heavy (non-hydrogen) atoms. The molecule has 0 aromatic heterocycles. The van der Waals surface area contributed by atoms with Crippen molar-refractivity contribution in [2.45, 2.75) is 19.9 Å². The molecule has 2 rings (SSSR count). The molecule has 2 aromatic carbocycles. The van der Waals surface area contributed by atoms with Crippen molar-refractivity contribution in [1.82, 2.24) is 10.6 Å². The summed E-state index contributed by atoms with van der Waals surface area (Å²) >= 11 is 0. The Hall–Kier alpha value is -2.36. The third-order valence-electron chi connectivity index (χ3n) is 4.59. The quantitative estimate of drug-likeness (QED) is 0.294. The Morgan fingerprint density at radius 2 is 1.43 bits per heavy atom. The van der Waals surface area contributed by atoms with Crippen molar-refractivity contribution >= 4 is 29.9 Å². The molecule has 0 aliphatic carbocycles. The van der Waals surface area contributed by atoms with Gasteiger partial charge >= 0.3 is 0 Å². The van der Waals surface area contributed by atoms with Gasteiger partial charge in [0.15, 0.2) is 17.5 Å². The van der Waals surface area contributed by atoms with Gasteiger partial charge in [-0.2, -0.15) is 0 Å². The first kappa shape index (κ1) is 25.7. The van der Waals surface area contributed by atoms with Gasteiger partial charge in [0.05, 0.1) is 28.4 Å². The minimum Gasteiger partial charge on any atom is -0.496 e. The second kappa shape index (κ2) is 13.0. The maximum Gasteiger partial charge on any atom is 0.203 e. The lowest BCUT2D eigenvalue weighted by molar-refractivity contribution is 0.323. The fraction of sp³-hybridized carbons (Fsp3) is 0.409. The van der Waals surface area contributed by atoms with Gasteiger partial charge in [-0.15, -0.1) is 24.0 Å². The summed E-state index contributed by atoms with van der Waals surface area (Å²) in [5.74, 6) is 3.46. The highest BCUT2D eigenvalue weighted by Gasteiger charge is 2.13. The molecule has 0 saturated heterocycles. The van der Waals surface area contributed by atoms with Crippen LogP contribution in [0.5, 0.6) is 23.0 Å². The van der Waals surface area contributed by atoms with Gasteiger partial charge in [0.2, 0.25) is 5.75 Å². The summed E-state index contributed by atoms with van der Waals surface area (Å²) in [4.78, 5) is 4.28. The highest BCUT2D eigenvalue weighted by Crippen LogP contribution is 2.38. The minimum atomic E-state index is 0. The topological polar surface area (TPSA) is 73.3 Å². The first-order valence-corrected chi connectivity index (χ1v) is 9.43. The van der Waals surface area contributed by atoms with E-state index in [0.29, 0.717) is 23.8 Å². The van der Waals surface area contributed by atoms with E-state index in [1.165, 1.54) is 5.56 Å². The molecule has 0 bridgehead atoms. The van der Waals surface area contributed by atoms with Gasteiger partial charge < -0.3 is 29.6 Å². The fourth-order valence-corrected chi connectivity index (χ4v) is 2.99. The number of rotatable bonds is 9. The van der Waals surface area contributed by atoms with Gasteiger partial charge in [0.25, 0.3) is 0 Å². The van der Waals surface area contributed by atoms with E-state index in [1.807, 2.05) is 19.1 Å². The van der Waals surface area contributed by atoms with Crippen molar-refractivity contribution in [2.24, 2.45) is 4.99 Å². The fourth-order valence-electron chi connectivity index (χ4n) is 2.99. The van der Waals surface area contributed by atoms with Gasteiger partial charge in [-0.3, -0.25) is 4.99 Å². The van der Waals surface area contributed by atoms with Gasteiger partial charge in [0, 0.05) is 20.1 Å². The number of guanidine groups is 1. The Morgan fingerprint density at radius 1 is 0.833 bits per heavy atom. The van der Waals surface area contributed by atoms with E-state index in [1.54, 1.807) is 35.5 Å². The number of hydrogen-bond donors (Lipinski definition) is 2. The van der Waals surface area contributed by atoms with Crippen LogP contribution in [0.2, 0.25) is 0 Å². The van der Waals surface area contributed by atoms with E-state index in [4.69, 9.17) is 18.9 Å². The molecule has 0 saturated carbocycles. The van der Waals surface area contributed by atoms with Crippen LogP contribution in [-0.2, 0) is 13.0 Å². The standard InChI is InChI=1S/C22H31N3O4.HI/c1-15-7-8-16(11-18(15)26-3)9-10-24-22(23-2)25-14-17-12-19(27-4)21(29-6)20(13-17)28-5;/h7-8,11-13H,9-10,14H2,1-6H3,(H2,23,24,25);1H. The Morgan fingerprint density at radius 3 is 1.97 bits per heavy atom. The van der Waals surface area contributed by atoms with E-state index in [0.717, 1.165) is 35.8 Å². The van der Waals surface area contributed by atoms with Crippen molar-refractivity contribution < 1.29 is 18.9 Å². The molecule has 0 spiro atoms. The molecule has 0 aliphatic rings. The Balaban J connectivity index is 0.00000450. The average Bonchev–Trinajstić information content (AvgIpc) is 2.76. The van der Waals surface area contributed by atoms with E-state index >= 15 is 0 Å². The SMILES string of the molecule is CN=C(NCCc1ccc(C)c(OC)c1)NCc1cc(OC)c(OC)c(OC)c1.I. The summed E-state index contributed by atoms with van der Waals surface area (Å²) in [6.45, 7) is 3.35. The summed E-state index contributed by atoms with van der Waals surface area (Å²) in [5, 5.41) is 6.64. The van der Waals surface area contributed by atoms with E-state index in [9.17, 15) is 0 Å². The third-order valence-corrected chi connectivity index (χ3v) is 4.59. The van der Waals surface area contributed by atoms with Crippen LogP contribution in [0, 0.1) is 6.92 Å². The zero-order chi connectivity index (χ0) is 21.2. The number of aryl methyl sites for hydroxylation is 1. The van der Waals surface area contributed by atoms with Crippen LogP contribution in [0.4, 0.5) is 0 Å². The normalized spacial score (nSPS) is 10.7. The second-order valence-corrected chi connectivity index (χ2v) is 6.44. The van der Waals surface area contributed by atoms with Crippen LogP contribution >= 0.6 is 24.0 Å². The molecule has 0 unspecified atom stereocenters.